The van der Waals surface area contributed by atoms with Crippen molar-refractivity contribution in [3.63, 3.8) is 0 Å². The fourth-order valence-corrected chi connectivity index (χ4v) is 3.83. The van der Waals surface area contributed by atoms with E-state index >= 15 is 0 Å². The van der Waals surface area contributed by atoms with Crippen molar-refractivity contribution in [2.45, 2.75) is 50.3 Å². The Hall–Kier alpha value is -0.883. The van der Waals surface area contributed by atoms with Crippen LogP contribution in [0.5, 0.6) is 0 Å². The standard InChI is InChI=1S/C18H27ClFNO2Si/c1-14-8-10-21(13-23-11-12-24(3,4)5)17(14)16-15(20)7-6-9-18(16,19)22-2/h6-10,16H,11-13H2,1-5H3. The van der Waals surface area contributed by atoms with Gasteiger partial charge in [0.25, 0.3) is 0 Å². The first-order chi connectivity index (χ1) is 11.2. The molecule has 6 heteroatoms. The van der Waals surface area contributed by atoms with Crippen LogP contribution in [0, 0.1) is 6.92 Å². The number of rotatable bonds is 7. The monoisotopic (exact) mass is 371 g/mol. The molecule has 0 amide bonds. The first-order valence-electron chi connectivity index (χ1n) is 8.20. The van der Waals surface area contributed by atoms with Crippen molar-refractivity contribution in [3.8, 4) is 0 Å². The maximum Gasteiger partial charge on any atom is 0.174 e. The zero-order valence-corrected chi connectivity index (χ0v) is 16.9. The molecule has 1 aromatic rings. The molecule has 0 saturated carbocycles. The van der Waals surface area contributed by atoms with Gasteiger partial charge >= 0.3 is 0 Å². The molecular weight excluding hydrogens is 345 g/mol. The summed E-state index contributed by atoms with van der Waals surface area (Å²) in [6.45, 7) is 10.00. The van der Waals surface area contributed by atoms with Gasteiger partial charge in [-0.05, 0) is 36.7 Å². The average molecular weight is 372 g/mol. The largest absolute Gasteiger partial charge is 0.361 e. The van der Waals surface area contributed by atoms with Crippen molar-refractivity contribution in [3.05, 3.63) is 47.6 Å². The number of halogens is 2. The average Bonchev–Trinajstić information content (AvgIpc) is 2.84. The van der Waals surface area contributed by atoms with Crippen molar-refractivity contribution in [1.29, 1.82) is 0 Å². The summed E-state index contributed by atoms with van der Waals surface area (Å²) in [5.41, 5.74) is 1.76. The number of methoxy groups -OCH3 is 1. The Kier molecular flexibility index (Phi) is 6.12. The van der Waals surface area contributed by atoms with Gasteiger partial charge in [-0.3, -0.25) is 0 Å². The molecule has 0 radical (unpaired) electrons. The summed E-state index contributed by atoms with van der Waals surface area (Å²) in [4.78, 5) is 0. The second-order valence-electron chi connectivity index (χ2n) is 7.45. The first-order valence-corrected chi connectivity index (χ1v) is 12.3. The number of aromatic nitrogens is 1. The van der Waals surface area contributed by atoms with Gasteiger partial charge in [-0.2, -0.15) is 0 Å². The van der Waals surface area contributed by atoms with Gasteiger partial charge in [0.15, 0.2) is 5.06 Å². The van der Waals surface area contributed by atoms with Crippen LogP contribution < -0.4 is 0 Å². The zero-order valence-electron chi connectivity index (χ0n) is 15.1. The van der Waals surface area contributed by atoms with Gasteiger partial charge in [0.2, 0.25) is 0 Å². The highest BCUT2D eigenvalue weighted by Crippen LogP contribution is 2.45. The number of allylic oxidation sites excluding steroid dienone is 2. The topological polar surface area (TPSA) is 23.4 Å². The number of alkyl halides is 1. The summed E-state index contributed by atoms with van der Waals surface area (Å²) in [5.74, 6) is -0.996. The van der Waals surface area contributed by atoms with Crippen molar-refractivity contribution in [2.75, 3.05) is 13.7 Å². The van der Waals surface area contributed by atoms with Gasteiger partial charge in [-0.25, -0.2) is 4.39 Å². The fraction of sp³-hybridized carbons (Fsp3) is 0.556. The first kappa shape index (κ1) is 19.4. The predicted molar refractivity (Wildman–Crippen MR) is 99.9 cm³/mol. The molecule has 2 rings (SSSR count). The Balaban J connectivity index is 2.20. The van der Waals surface area contributed by atoms with E-state index in [1.54, 1.807) is 12.2 Å². The summed E-state index contributed by atoms with van der Waals surface area (Å²) in [7, 11) is 0.367. The van der Waals surface area contributed by atoms with E-state index in [4.69, 9.17) is 21.1 Å². The molecule has 0 N–H and O–H groups in total. The van der Waals surface area contributed by atoms with Crippen LogP contribution in [0.3, 0.4) is 0 Å². The van der Waals surface area contributed by atoms with E-state index < -0.39 is 19.1 Å². The second-order valence-corrected chi connectivity index (χ2v) is 13.7. The molecule has 0 fully saturated rings. The maximum atomic E-state index is 14.6. The van der Waals surface area contributed by atoms with Crippen LogP contribution >= 0.6 is 11.6 Å². The van der Waals surface area contributed by atoms with Crippen LogP contribution in [0.15, 0.2) is 36.3 Å². The molecule has 1 aromatic heterocycles. The van der Waals surface area contributed by atoms with E-state index in [1.807, 2.05) is 23.8 Å². The third-order valence-corrected chi connectivity index (χ3v) is 6.48. The Morgan fingerprint density at radius 3 is 2.71 bits per heavy atom. The van der Waals surface area contributed by atoms with Crippen LogP contribution in [0.1, 0.15) is 17.2 Å². The summed E-state index contributed by atoms with van der Waals surface area (Å²) < 4.78 is 27.8. The number of hydrogen-bond donors (Lipinski definition) is 0. The van der Waals surface area contributed by atoms with E-state index in [0.717, 1.165) is 17.3 Å². The van der Waals surface area contributed by atoms with Crippen LogP contribution in [-0.2, 0) is 16.2 Å². The lowest BCUT2D eigenvalue weighted by Gasteiger charge is -2.34. The Morgan fingerprint density at radius 2 is 2.08 bits per heavy atom. The quantitative estimate of drug-likeness (QED) is 0.373. The van der Waals surface area contributed by atoms with Gasteiger partial charge < -0.3 is 14.0 Å². The second kappa shape index (κ2) is 7.56. The molecule has 1 aliphatic rings. The summed E-state index contributed by atoms with van der Waals surface area (Å²) >= 11 is 6.54. The molecule has 2 unspecified atom stereocenters. The molecular formula is C18H27ClFNO2Si. The SMILES string of the molecule is COC1(Cl)C=CC=C(F)C1c1c(C)ccn1COCC[Si](C)(C)C. The predicted octanol–water partition coefficient (Wildman–Crippen LogP) is 5.20. The normalized spacial score (nSPS) is 24.3. The van der Waals surface area contributed by atoms with Crippen molar-refractivity contribution in [2.24, 2.45) is 0 Å². The smallest absolute Gasteiger partial charge is 0.174 e. The highest BCUT2D eigenvalue weighted by atomic mass is 35.5. The number of ether oxygens (including phenoxy) is 2. The van der Waals surface area contributed by atoms with Crippen LogP contribution in [0.25, 0.3) is 0 Å². The van der Waals surface area contributed by atoms with Crippen LogP contribution in [0.4, 0.5) is 4.39 Å². The molecule has 24 heavy (non-hydrogen) atoms. The number of nitrogens with zero attached hydrogens (tertiary/aromatic N) is 1. The highest BCUT2D eigenvalue weighted by molar-refractivity contribution is 6.76. The van der Waals surface area contributed by atoms with Crippen molar-refractivity contribution >= 4 is 19.7 Å². The molecule has 0 bridgehead atoms. The minimum atomic E-state index is -1.22. The van der Waals surface area contributed by atoms with Gasteiger partial charge in [0, 0.05) is 33.7 Å². The molecule has 0 aromatic carbocycles. The molecule has 134 valence electrons. The van der Waals surface area contributed by atoms with Crippen LogP contribution in [0.2, 0.25) is 25.7 Å². The molecule has 0 saturated heterocycles. The van der Waals surface area contributed by atoms with Gasteiger partial charge in [0.05, 0.1) is 5.92 Å². The molecule has 0 spiro atoms. The van der Waals surface area contributed by atoms with E-state index in [2.05, 4.69) is 19.6 Å². The molecule has 1 heterocycles. The fourth-order valence-electron chi connectivity index (χ4n) is 2.80. The van der Waals surface area contributed by atoms with Crippen LogP contribution in [-0.4, -0.2) is 31.4 Å². The number of aryl methyl sites for hydroxylation is 1. The van der Waals surface area contributed by atoms with E-state index in [0.29, 0.717) is 13.3 Å². The molecule has 2 atom stereocenters. The lowest BCUT2D eigenvalue weighted by atomic mass is 9.90. The molecule has 3 nitrogen and oxygen atoms in total. The summed E-state index contributed by atoms with van der Waals surface area (Å²) in [6.07, 6.45) is 6.63. The van der Waals surface area contributed by atoms with Gasteiger partial charge in [-0.15, -0.1) is 0 Å². The number of hydrogen-bond acceptors (Lipinski definition) is 2. The molecule has 0 aliphatic heterocycles. The van der Waals surface area contributed by atoms with Gasteiger partial charge in [0.1, 0.15) is 12.6 Å². The summed E-state index contributed by atoms with van der Waals surface area (Å²) in [5, 5.41) is -1.22. The Labute approximate surface area is 150 Å². The highest BCUT2D eigenvalue weighted by Gasteiger charge is 2.43. The lowest BCUT2D eigenvalue weighted by Crippen LogP contribution is -2.34. The molecule has 1 aliphatic carbocycles. The Bertz CT molecular complexity index is 635. The van der Waals surface area contributed by atoms with E-state index in [1.165, 1.54) is 13.2 Å². The third-order valence-electron chi connectivity index (χ3n) is 4.28. The Morgan fingerprint density at radius 1 is 1.38 bits per heavy atom. The maximum absolute atomic E-state index is 14.6. The third kappa shape index (κ3) is 4.39. The van der Waals surface area contributed by atoms with Gasteiger partial charge in [-0.1, -0.05) is 37.3 Å². The van der Waals surface area contributed by atoms with Crippen molar-refractivity contribution in [1.82, 2.24) is 4.57 Å². The van der Waals surface area contributed by atoms with Crippen molar-refractivity contribution < 1.29 is 13.9 Å². The minimum absolute atomic E-state index is 0.306. The lowest BCUT2D eigenvalue weighted by molar-refractivity contribution is 0.0657. The van der Waals surface area contributed by atoms with E-state index in [-0.39, 0.29) is 5.83 Å². The van der Waals surface area contributed by atoms with E-state index in [9.17, 15) is 4.39 Å². The zero-order chi connectivity index (χ0) is 18.0. The summed E-state index contributed by atoms with van der Waals surface area (Å²) in [6, 6.07) is 3.05. The minimum Gasteiger partial charge on any atom is -0.361 e.